The summed E-state index contributed by atoms with van der Waals surface area (Å²) in [4.78, 5) is 25.4. The second kappa shape index (κ2) is 7.88. The zero-order valence-corrected chi connectivity index (χ0v) is 13.6. The zero-order chi connectivity index (χ0) is 16.8. The van der Waals surface area contributed by atoms with Gasteiger partial charge in [0.15, 0.2) is 5.78 Å². The van der Waals surface area contributed by atoms with E-state index >= 15 is 0 Å². The highest BCUT2D eigenvalue weighted by Crippen LogP contribution is 2.22. The summed E-state index contributed by atoms with van der Waals surface area (Å²) in [6, 6.07) is 19.7. The van der Waals surface area contributed by atoms with Crippen LogP contribution >= 0.6 is 0 Å². The van der Waals surface area contributed by atoms with Crippen molar-refractivity contribution in [3.63, 3.8) is 0 Å². The van der Waals surface area contributed by atoms with Gasteiger partial charge in [-0.2, -0.15) is 0 Å². The average molecular weight is 323 g/mol. The molecule has 3 rings (SSSR count). The Hall–Kier alpha value is -2.46. The van der Waals surface area contributed by atoms with Crippen molar-refractivity contribution < 1.29 is 14.3 Å². The van der Waals surface area contributed by atoms with Crippen LogP contribution < -0.4 is 0 Å². The maximum atomic E-state index is 12.1. The number of benzene rings is 2. The van der Waals surface area contributed by atoms with E-state index in [9.17, 15) is 9.59 Å². The fraction of sp³-hybridized carbons (Fsp3) is 0.300. The number of ketones is 1. The number of β-lactam (4-membered cyclic amide) rings is 1. The van der Waals surface area contributed by atoms with E-state index in [1.807, 2.05) is 60.7 Å². The average Bonchev–Trinajstić information content (AvgIpc) is 2.63. The second-order valence-corrected chi connectivity index (χ2v) is 6.00. The van der Waals surface area contributed by atoms with Crippen molar-refractivity contribution in [3.8, 4) is 0 Å². The highest BCUT2D eigenvalue weighted by molar-refractivity contribution is 5.89. The number of Topliss-reactive ketones (excluding diaryl/α,β-unsaturated/α-hetero) is 1. The Bertz CT molecular complexity index is 685. The van der Waals surface area contributed by atoms with Crippen molar-refractivity contribution in [1.82, 2.24) is 4.90 Å². The van der Waals surface area contributed by atoms with Gasteiger partial charge in [0.25, 0.3) is 0 Å². The van der Waals surface area contributed by atoms with Crippen LogP contribution in [0.25, 0.3) is 0 Å². The van der Waals surface area contributed by atoms with Crippen LogP contribution in [0.5, 0.6) is 0 Å². The molecule has 2 aromatic rings. The first-order valence-electron chi connectivity index (χ1n) is 8.23. The van der Waals surface area contributed by atoms with Gasteiger partial charge in [0, 0.05) is 6.42 Å². The Morgan fingerprint density at radius 3 is 2.25 bits per heavy atom. The number of ether oxygens (including phenoxy) is 1. The topological polar surface area (TPSA) is 46.6 Å². The van der Waals surface area contributed by atoms with Gasteiger partial charge in [-0.05, 0) is 17.5 Å². The molecule has 1 aliphatic heterocycles. The Morgan fingerprint density at radius 2 is 1.62 bits per heavy atom. The van der Waals surface area contributed by atoms with Crippen LogP contribution in [-0.4, -0.2) is 29.4 Å². The van der Waals surface area contributed by atoms with E-state index < -0.39 is 0 Å². The molecule has 0 N–H and O–H groups in total. The van der Waals surface area contributed by atoms with Gasteiger partial charge in [-0.3, -0.25) is 9.59 Å². The summed E-state index contributed by atoms with van der Waals surface area (Å²) < 4.78 is 5.76. The lowest BCUT2D eigenvalue weighted by molar-refractivity contribution is -0.177. The molecule has 0 aliphatic carbocycles. The van der Waals surface area contributed by atoms with E-state index in [0.717, 1.165) is 11.1 Å². The van der Waals surface area contributed by atoms with E-state index in [4.69, 9.17) is 4.74 Å². The molecule has 124 valence electrons. The van der Waals surface area contributed by atoms with Gasteiger partial charge in [-0.15, -0.1) is 0 Å². The van der Waals surface area contributed by atoms with Crippen LogP contribution in [0.4, 0.5) is 0 Å². The molecule has 4 nitrogen and oxygen atoms in total. The minimum absolute atomic E-state index is 0.0128. The fourth-order valence-corrected chi connectivity index (χ4v) is 2.73. The second-order valence-electron chi connectivity index (χ2n) is 6.00. The standard InChI is InChI=1S/C20H21NO3/c22-18(12-11-16-7-3-1-4-8-16)14-21-19(23)13-20(21)24-15-17-9-5-2-6-10-17/h1-10,20H,11-15H2. The highest BCUT2D eigenvalue weighted by atomic mass is 16.5. The molecule has 0 aromatic heterocycles. The molecule has 0 radical (unpaired) electrons. The third kappa shape index (κ3) is 4.30. The lowest BCUT2D eigenvalue weighted by Gasteiger charge is -2.39. The predicted octanol–water partition coefficient (Wildman–Crippen LogP) is 2.96. The number of aryl methyl sites for hydroxylation is 1. The van der Waals surface area contributed by atoms with E-state index in [-0.39, 0.29) is 24.5 Å². The van der Waals surface area contributed by atoms with Gasteiger partial charge in [-0.1, -0.05) is 60.7 Å². The number of hydrogen-bond donors (Lipinski definition) is 0. The molecule has 2 aromatic carbocycles. The molecule has 1 saturated heterocycles. The largest absolute Gasteiger partial charge is 0.353 e. The van der Waals surface area contributed by atoms with Crippen molar-refractivity contribution in [2.24, 2.45) is 0 Å². The van der Waals surface area contributed by atoms with Gasteiger partial charge in [0.2, 0.25) is 5.91 Å². The smallest absolute Gasteiger partial charge is 0.229 e. The van der Waals surface area contributed by atoms with Crippen LogP contribution in [-0.2, 0) is 27.4 Å². The minimum Gasteiger partial charge on any atom is -0.353 e. The maximum Gasteiger partial charge on any atom is 0.229 e. The van der Waals surface area contributed by atoms with E-state index in [1.54, 1.807) is 0 Å². The molecule has 1 heterocycles. The molecule has 4 heteroatoms. The summed E-state index contributed by atoms with van der Waals surface area (Å²) in [7, 11) is 0. The molecule has 24 heavy (non-hydrogen) atoms. The Balaban J connectivity index is 1.44. The van der Waals surface area contributed by atoms with Crippen LogP contribution in [0.2, 0.25) is 0 Å². The van der Waals surface area contributed by atoms with Crippen LogP contribution in [0.15, 0.2) is 60.7 Å². The van der Waals surface area contributed by atoms with Gasteiger partial charge in [-0.25, -0.2) is 0 Å². The van der Waals surface area contributed by atoms with Gasteiger partial charge in [0.1, 0.15) is 6.23 Å². The molecule has 1 fully saturated rings. The third-order valence-electron chi connectivity index (χ3n) is 4.18. The van der Waals surface area contributed by atoms with Gasteiger partial charge < -0.3 is 9.64 Å². The van der Waals surface area contributed by atoms with Gasteiger partial charge in [0.05, 0.1) is 19.6 Å². The Kier molecular flexibility index (Phi) is 5.39. The number of rotatable bonds is 8. The quantitative estimate of drug-likeness (QED) is 0.702. The molecule has 0 saturated carbocycles. The summed E-state index contributed by atoms with van der Waals surface area (Å²) in [5, 5.41) is 0. The van der Waals surface area contributed by atoms with Crippen LogP contribution in [0.1, 0.15) is 24.0 Å². The first-order chi connectivity index (χ1) is 11.7. The molecular formula is C20H21NO3. The van der Waals surface area contributed by atoms with Crippen molar-refractivity contribution in [2.75, 3.05) is 6.54 Å². The predicted molar refractivity (Wildman–Crippen MR) is 91.1 cm³/mol. The lowest BCUT2D eigenvalue weighted by atomic mass is 10.1. The monoisotopic (exact) mass is 323 g/mol. The van der Waals surface area contributed by atoms with Crippen LogP contribution in [0.3, 0.4) is 0 Å². The lowest BCUT2D eigenvalue weighted by Crippen LogP contribution is -2.55. The Labute approximate surface area is 142 Å². The van der Waals surface area contributed by atoms with Crippen LogP contribution in [0, 0.1) is 0 Å². The SMILES string of the molecule is O=C(CCc1ccccc1)CN1C(=O)CC1OCc1ccccc1. The fourth-order valence-electron chi connectivity index (χ4n) is 2.73. The summed E-state index contributed by atoms with van der Waals surface area (Å²) in [6.07, 6.45) is 1.23. The molecule has 0 bridgehead atoms. The molecule has 1 amide bonds. The summed E-state index contributed by atoms with van der Waals surface area (Å²) in [6.45, 7) is 0.596. The van der Waals surface area contributed by atoms with E-state index in [0.29, 0.717) is 25.9 Å². The zero-order valence-electron chi connectivity index (χ0n) is 13.6. The first kappa shape index (κ1) is 16.4. The number of hydrogen-bond acceptors (Lipinski definition) is 3. The summed E-state index contributed by atoms with van der Waals surface area (Å²) >= 11 is 0. The van der Waals surface area contributed by atoms with Crippen molar-refractivity contribution >= 4 is 11.7 Å². The number of carbonyl (C=O) groups is 2. The van der Waals surface area contributed by atoms with Gasteiger partial charge >= 0.3 is 0 Å². The number of carbonyl (C=O) groups excluding carboxylic acids is 2. The minimum atomic E-state index is -0.279. The van der Waals surface area contributed by atoms with Crippen molar-refractivity contribution in [2.45, 2.75) is 32.1 Å². The normalized spacial score (nSPS) is 16.8. The van der Waals surface area contributed by atoms with Crippen molar-refractivity contribution in [3.05, 3.63) is 71.8 Å². The molecule has 1 aliphatic rings. The molecule has 1 unspecified atom stereocenters. The maximum absolute atomic E-state index is 12.1. The van der Waals surface area contributed by atoms with E-state index in [1.165, 1.54) is 4.90 Å². The Morgan fingerprint density at radius 1 is 1.00 bits per heavy atom. The molecule has 1 atom stereocenters. The van der Waals surface area contributed by atoms with Crippen molar-refractivity contribution in [1.29, 1.82) is 0 Å². The summed E-state index contributed by atoms with van der Waals surface area (Å²) in [5.41, 5.74) is 2.20. The number of likely N-dealkylation sites (tertiary alicyclic amines) is 1. The number of nitrogens with zero attached hydrogens (tertiary/aromatic N) is 1. The molecular weight excluding hydrogens is 302 g/mol. The highest BCUT2D eigenvalue weighted by Gasteiger charge is 2.37. The molecule has 0 spiro atoms. The first-order valence-corrected chi connectivity index (χ1v) is 8.23. The van der Waals surface area contributed by atoms with E-state index in [2.05, 4.69) is 0 Å². The third-order valence-corrected chi connectivity index (χ3v) is 4.18. The summed E-state index contributed by atoms with van der Waals surface area (Å²) in [5.74, 6) is 0.0568. The number of amides is 1.